The zero-order valence-electron chi connectivity index (χ0n) is 11.0. The molecule has 6 heteroatoms. The van der Waals surface area contributed by atoms with Gasteiger partial charge in [-0.25, -0.2) is 9.78 Å². The Hall–Kier alpha value is -1.85. The molecule has 1 unspecified atom stereocenters. The molecule has 1 aliphatic heterocycles. The van der Waals surface area contributed by atoms with Gasteiger partial charge in [-0.05, 0) is 19.8 Å². The Labute approximate surface area is 111 Å². The van der Waals surface area contributed by atoms with Crippen LogP contribution >= 0.6 is 0 Å². The minimum atomic E-state index is -0.951. The molecule has 104 valence electrons. The van der Waals surface area contributed by atoms with E-state index in [0.717, 1.165) is 25.7 Å². The summed E-state index contributed by atoms with van der Waals surface area (Å²) in [5.74, 6) is -1.18. The van der Waals surface area contributed by atoms with Crippen LogP contribution in [0.2, 0.25) is 0 Å². The highest BCUT2D eigenvalue weighted by molar-refractivity contribution is 5.95. The third kappa shape index (κ3) is 2.94. The number of carbonyl (C=O) groups is 2. The highest BCUT2D eigenvalue weighted by atomic mass is 16.4. The van der Waals surface area contributed by atoms with Crippen LogP contribution in [-0.4, -0.2) is 39.5 Å². The van der Waals surface area contributed by atoms with Crippen LogP contribution in [0.25, 0.3) is 0 Å². The molecular weight excluding hydrogens is 248 g/mol. The van der Waals surface area contributed by atoms with Gasteiger partial charge in [0.1, 0.15) is 6.04 Å². The first-order valence-corrected chi connectivity index (χ1v) is 6.55. The number of carbonyl (C=O) groups excluding carboxylic acids is 1. The largest absolute Gasteiger partial charge is 0.480 e. The van der Waals surface area contributed by atoms with Gasteiger partial charge in [0, 0.05) is 6.54 Å². The van der Waals surface area contributed by atoms with Crippen LogP contribution in [0.3, 0.4) is 0 Å². The van der Waals surface area contributed by atoms with E-state index < -0.39 is 12.0 Å². The number of carboxylic acid groups (broad SMARTS) is 1. The molecule has 0 radical (unpaired) electrons. The predicted octanol–water partition coefficient (Wildman–Crippen LogP) is 1.84. The minimum absolute atomic E-state index is 0.145. The van der Waals surface area contributed by atoms with Gasteiger partial charge in [0.05, 0.1) is 5.69 Å². The van der Waals surface area contributed by atoms with Crippen LogP contribution in [0.4, 0.5) is 0 Å². The summed E-state index contributed by atoms with van der Waals surface area (Å²) in [7, 11) is 0. The molecule has 2 rings (SSSR count). The highest BCUT2D eigenvalue weighted by Gasteiger charge is 2.32. The summed E-state index contributed by atoms with van der Waals surface area (Å²) in [5, 5.41) is 9.30. The summed E-state index contributed by atoms with van der Waals surface area (Å²) < 4.78 is 5.08. The molecule has 1 saturated heterocycles. The molecule has 1 amide bonds. The van der Waals surface area contributed by atoms with Crippen LogP contribution in [-0.2, 0) is 4.79 Å². The van der Waals surface area contributed by atoms with E-state index in [1.54, 1.807) is 6.92 Å². The molecule has 1 aromatic heterocycles. The number of oxazole rings is 1. The van der Waals surface area contributed by atoms with Gasteiger partial charge in [-0.15, -0.1) is 0 Å². The standard InChI is InChI=1S/C13H18N2O4/c1-9-11(19-8-14-9)12(16)15-7-5-3-2-4-6-10(15)13(17)18/h8,10H,2-7H2,1H3,(H,17,18). The third-order valence-electron chi connectivity index (χ3n) is 3.49. The lowest BCUT2D eigenvalue weighted by Gasteiger charge is -2.30. The van der Waals surface area contributed by atoms with E-state index in [0.29, 0.717) is 18.7 Å². The number of rotatable bonds is 2. The SMILES string of the molecule is Cc1ncoc1C(=O)N1CCCCCCC1C(=O)O. The van der Waals surface area contributed by atoms with E-state index in [1.807, 2.05) is 0 Å². The summed E-state index contributed by atoms with van der Waals surface area (Å²) in [6, 6.07) is -0.766. The number of aryl methyl sites for hydroxylation is 1. The Bertz CT molecular complexity index is 469. The number of carboxylic acids is 1. The van der Waals surface area contributed by atoms with E-state index in [1.165, 1.54) is 11.3 Å². The van der Waals surface area contributed by atoms with Gasteiger partial charge in [0.2, 0.25) is 5.76 Å². The molecule has 1 N–H and O–H groups in total. The average molecular weight is 266 g/mol. The van der Waals surface area contributed by atoms with Gasteiger partial charge in [0.15, 0.2) is 6.39 Å². The average Bonchev–Trinajstić information content (AvgIpc) is 2.74. The number of likely N-dealkylation sites (tertiary alicyclic amines) is 1. The first-order chi connectivity index (χ1) is 9.11. The fourth-order valence-electron chi connectivity index (χ4n) is 2.42. The molecular formula is C13H18N2O4. The van der Waals surface area contributed by atoms with E-state index in [9.17, 15) is 14.7 Å². The molecule has 0 bridgehead atoms. The van der Waals surface area contributed by atoms with Crippen molar-refractivity contribution >= 4 is 11.9 Å². The molecule has 1 atom stereocenters. The Morgan fingerprint density at radius 2 is 2.11 bits per heavy atom. The quantitative estimate of drug-likeness (QED) is 0.883. The summed E-state index contributed by atoms with van der Waals surface area (Å²) in [6.45, 7) is 2.13. The first-order valence-electron chi connectivity index (χ1n) is 6.55. The van der Waals surface area contributed by atoms with E-state index in [4.69, 9.17) is 4.42 Å². The molecule has 0 aromatic carbocycles. The van der Waals surface area contributed by atoms with Crippen molar-refractivity contribution in [2.24, 2.45) is 0 Å². The Morgan fingerprint density at radius 3 is 2.74 bits per heavy atom. The Morgan fingerprint density at radius 1 is 1.37 bits per heavy atom. The number of nitrogens with zero attached hydrogens (tertiary/aromatic N) is 2. The molecule has 1 fully saturated rings. The second kappa shape index (κ2) is 5.86. The molecule has 0 spiro atoms. The predicted molar refractivity (Wildman–Crippen MR) is 66.8 cm³/mol. The van der Waals surface area contributed by atoms with Crippen LogP contribution in [0.15, 0.2) is 10.8 Å². The first kappa shape index (κ1) is 13.6. The zero-order chi connectivity index (χ0) is 13.8. The fraction of sp³-hybridized carbons (Fsp3) is 0.615. The van der Waals surface area contributed by atoms with E-state index >= 15 is 0 Å². The van der Waals surface area contributed by atoms with Crippen molar-refractivity contribution in [3.63, 3.8) is 0 Å². The van der Waals surface area contributed by atoms with E-state index in [-0.39, 0.29) is 11.7 Å². The molecule has 6 nitrogen and oxygen atoms in total. The third-order valence-corrected chi connectivity index (χ3v) is 3.49. The molecule has 1 aliphatic rings. The molecule has 0 saturated carbocycles. The maximum absolute atomic E-state index is 12.4. The molecule has 19 heavy (non-hydrogen) atoms. The monoisotopic (exact) mass is 266 g/mol. The normalized spacial score (nSPS) is 20.7. The maximum atomic E-state index is 12.4. The van der Waals surface area contributed by atoms with Crippen LogP contribution < -0.4 is 0 Å². The van der Waals surface area contributed by atoms with Crippen molar-refractivity contribution in [3.05, 3.63) is 17.8 Å². The second-order valence-corrected chi connectivity index (χ2v) is 4.82. The van der Waals surface area contributed by atoms with Crippen molar-refractivity contribution in [3.8, 4) is 0 Å². The van der Waals surface area contributed by atoms with E-state index in [2.05, 4.69) is 4.98 Å². The number of aliphatic carboxylic acids is 1. The second-order valence-electron chi connectivity index (χ2n) is 4.82. The van der Waals surface area contributed by atoms with Gasteiger partial charge in [-0.1, -0.05) is 19.3 Å². The lowest BCUT2D eigenvalue weighted by atomic mass is 10.0. The van der Waals surface area contributed by atoms with Gasteiger partial charge in [0.25, 0.3) is 5.91 Å². The maximum Gasteiger partial charge on any atom is 0.326 e. The molecule has 1 aromatic rings. The number of amides is 1. The van der Waals surface area contributed by atoms with Crippen molar-refractivity contribution in [1.29, 1.82) is 0 Å². The molecule has 2 heterocycles. The fourth-order valence-corrected chi connectivity index (χ4v) is 2.42. The summed E-state index contributed by atoms with van der Waals surface area (Å²) >= 11 is 0. The van der Waals surface area contributed by atoms with Crippen molar-refractivity contribution in [2.75, 3.05) is 6.54 Å². The zero-order valence-corrected chi connectivity index (χ0v) is 11.0. The lowest BCUT2D eigenvalue weighted by Crippen LogP contribution is -2.46. The number of hydrogen-bond donors (Lipinski definition) is 1. The lowest BCUT2D eigenvalue weighted by molar-refractivity contribution is -0.142. The van der Waals surface area contributed by atoms with Crippen LogP contribution in [0.5, 0.6) is 0 Å². The topological polar surface area (TPSA) is 83.6 Å². The van der Waals surface area contributed by atoms with Gasteiger partial charge in [-0.3, -0.25) is 4.79 Å². The van der Waals surface area contributed by atoms with Gasteiger partial charge >= 0.3 is 5.97 Å². The summed E-state index contributed by atoms with van der Waals surface area (Å²) in [5.41, 5.74) is 0.496. The van der Waals surface area contributed by atoms with Crippen LogP contribution in [0.1, 0.15) is 48.4 Å². The van der Waals surface area contributed by atoms with Crippen molar-refractivity contribution in [1.82, 2.24) is 9.88 Å². The van der Waals surface area contributed by atoms with Gasteiger partial charge < -0.3 is 14.4 Å². The van der Waals surface area contributed by atoms with Crippen LogP contribution in [0, 0.1) is 6.92 Å². The number of hydrogen-bond acceptors (Lipinski definition) is 4. The Balaban J connectivity index is 2.24. The number of aromatic nitrogens is 1. The minimum Gasteiger partial charge on any atom is -0.480 e. The smallest absolute Gasteiger partial charge is 0.326 e. The van der Waals surface area contributed by atoms with Crippen molar-refractivity contribution < 1.29 is 19.1 Å². The molecule has 0 aliphatic carbocycles. The summed E-state index contributed by atoms with van der Waals surface area (Å²) in [6.07, 6.45) is 5.40. The van der Waals surface area contributed by atoms with Crippen molar-refractivity contribution in [2.45, 2.75) is 45.1 Å². The Kier molecular flexibility index (Phi) is 4.19. The highest BCUT2D eigenvalue weighted by Crippen LogP contribution is 2.20. The van der Waals surface area contributed by atoms with Gasteiger partial charge in [-0.2, -0.15) is 0 Å². The summed E-state index contributed by atoms with van der Waals surface area (Å²) in [4.78, 5) is 29.0.